The first-order chi connectivity index (χ1) is 9.61. The molecule has 1 heterocycles. The molecule has 1 fully saturated rings. The fourth-order valence-electron chi connectivity index (χ4n) is 2.74. The molecule has 0 spiro atoms. The van der Waals surface area contributed by atoms with Crippen molar-refractivity contribution < 1.29 is 9.47 Å². The van der Waals surface area contributed by atoms with E-state index in [1.807, 2.05) is 26.0 Å². The fourth-order valence-corrected chi connectivity index (χ4v) is 2.74. The molecule has 1 aliphatic heterocycles. The highest BCUT2D eigenvalue weighted by atomic mass is 16.5. The van der Waals surface area contributed by atoms with E-state index in [2.05, 4.69) is 11.0 Å². The number of piperidine rings is 1. The van der Waals surface area contributed by atoms with Crippen LogP contribution in [0.3, 0.4) is 0 Å². The summed E-state index contributed by atoms with van der Waals surface area (Å²) in [5.41, 5.74) is 8.12. The average Bonchev–Trinajstić information content (AvgIpc) is 2.42. The van der Waals surface area contributed by atoms with Crippen LogP contribution < -0.4 is 15.4 Å². The van der Waals surface area contributed by atoms with Crippen LogP contribution in [0.15, 0.2) is 18.2 Å². The Kier molecular flexibility index (Phi) is 5.12. The average molecular weight is 278 g/mol. The number of para-hydroxylation sites is 1. The maximum Gasteiger partial charge on any atom is 0.144 e. The predicted molar refractivity (Wildman–Crippen MR) is 83.4 cm³/mol. The van der Waals surface area contributed by atoms with Gasteiger partial charge in [-0.25, -0.2) is 0 Å². The van der Waals surface area contributed by atoms with E-state index in [-0.39, 0.29) is 6.10 Å². The summed E-state index contributed by atoms with van der Waals surface area (Å²) in [7, 11) is 1.77. The molecule has 0 radical (unpaired) electrons. The van der Waals surface area contributed by atoms with Crippen molar-refractivity contribution in [2.24, 2.45) is 5.92 Å². The maximum absolute atomic E-state index is 6.26. The van der Waals surface area contributed by atoms with E-state index in [9.17, 15) is 0 Å². The molecule has 1 aromatic carbocycles. The molecule has 0 aliphatic carbocycles. The predicted octanol–water partition coefficient (Wildman–Crippen LogP) is 2.92. The third kappa shape index (κ3) is 3.57. The molecule has 2 rings (SSSR count). The lowest BCUT2D eigenvalue weighted by molar-refractivity contribution is 0.139. The molecule has 0 unspecified atom stereocenters. The molecule has 20 heavy (non-hydrogen) atoms. The third-order valence-electron chi connectivity index (χ3n) is 3.76. The number of rotatable bonds is 5. The Morgan fingerprint density at radius 1 is 1.30 bits per heavy atom. The van der Waals surface area contributed by atoms with Crippen molar-refractivity contribution in [3.05, 3.63) is 18.2 Å². The smallest absolute Gasteiger partial charge is 0.144 e. The van der Waals surface area contributed by atoms with Crippen molar-refractivity contribution in [2.75, 3.05) is 37.4 Å². The highest BCUT2D eigenvalue weighted by molar-refractivity contribution is 5.74. The van der Waals surface area contributed by atoms with Crippen molar-refractivity contribution in [2.45, 2.75) is 32.8 Å². The van der Waals surface area contributed by atoms with E-state index in [0.717, 1.165) is 49.7 Å². The molecule has 2 N–H and O–H groups in total. The first-order valence-electron chi connectivity index (χ1n) is 7.40. The van der Waals surface area contributed by atoms with Gasteiger partial charge >= 0.3 is 0 Å². The van der Waals surface area contributed by atoms with Gasteiger partial charge in [-0.2, -0.15) is 0 Å². The van der Waals surface area contributed by atoms with Gasteiger partial charge in [-0.3, -0.25) is 0 Å². The van der Waals surface area contributed by atoms with Crippen molar-refractivity contribution in [3.63, 3.8) is 0 Å². The zero-order chi connectivity index (χ0) is 14.5. The molecular weight excluding hydrogens is 252 g/mol. The Labute approximate surface area is 121 Å². The number of hydrogen-bond acceptors (Lipinski definition) is 4. The Morgan fingerprint density at radius 3 is 2.60 bits per heavy atom. The molecule has 0 aromatic heterocycles. The minimum atomic E-state index is 0.139. The van der Waals surface area contributed by atoms with E-state index >= 15 is 0 Å². The lowest BCUT2D eigenvalue weighted by atomic mass is 9.97. The molecule has 1 aromatic rings. The normalized spacial score (nSPS) is 16.7. The summed E-state index contributed by atoms with van der Waals surface area (Å²) in [6.45, 7) is 6.96. The second-order valence-electron chi connectivity index (χ2n) is 5.74. The second kappa shape index (κ2) is 6.84. The van der Waals surface area contributed by atoms with E-state index in [4.69, 9.17) is 15.2 Å². The Balaban J connectivity index is 2.06. The standard InChI is InChI=1S/C16H26N2O2/c1-12(2)20-15-6-4-5-14(16(15)17)18-9-7-13(8-10-18)11-19-3/h4-6,12-13H,7-11,17H2,1-3H3. The SMILES string of the molecule is COCC1CCN(c2cccc(OC(C)C)c2N)CC1. The second-order valence-corrected chi connectivity index (χ2v) is 5.74. The molecule has 1 aliphatic rings. The van der Waals surface area contributed by atoms with Crippen LogP contribution >= 0.6 is 0 Å². The van der Waals surface area contributed by atoms with Gasteiger partial charge in [0.15, 0.2) is 0 Å². The molecule has 0 bridgehead atoms. The van der Waals surface area contributed by atoms with Crippen LogP contribution in [0, 0.1) is 5.92 Å². The Morgan fingerprint density at radius 2 is 2.00 bits per heavy atom. The summed E-state index contributed by atoms with van der Waals surface area (Å²) < 4.78 is 11.0. The van der Waals surface area contributed by atoms with Crippen molar-refractivity contribution in [1.29, 1.82) is 0 Å². The maximum atomic E-state index is 6.26. The molecule has 4 heteroatoms. The fraction of sp³-hybridized carbons (Fsp3) is 0.625. The summed E-state index contributed by atoms with van der Waals surface area (Å²) in [5.74, 6) is 1.46. The number of ether oxygens (including phenoxy) is 2. The zero-order valence-electron chi connectivity index (χ0n) is 12.8. The van der Waals surface area contributed by atoms with Gasteiger partial charge < -0.3 is 20.1 Å². The van der Waals surface area contributed by atoms with E-state index in [1.165, 1.54) is 0 Å². The van der Waals surface area contributed by atoms with Gasteiger partial charge in [0.25, 0.3) is 0 Å². The van der Waals surface area contributed by atoms with Gasteiger partial charge in [-0.1, -0.05) is 6.07 Å². The molecule has 112 valence electrons. The number of nitrogens with zero attached hydrogens (tertiary/aromatic N) is 1. The number of hydrogen-bond donors (Lipinski definition) is 1. The highest BCUT2D eigenvalue weighted by Gasteiger charge is 2.21. The molecule has 4 nitrogen and oxygen atoms in total. The van der Waals surface area contributed by atoms with E-state index in [0.29, 0.717) is 5.92 Å². The van der Waals surface area contributed by atoms with Crippen molar-refractivity contribution >= 4 is 11.4 Å². The number of methoxy groups -OCH3 is 1. The van der Waals surface area contributed by atoms with Crippen molar-refractivity contribution in [1.82, 2.24) is 0 Å². The van der Waals surface area contributed by atoms with Crippen LogP contribution in [-0.4, -0.2) is 32.9 Å². The van der Waals surface area contributed by atoms with Gasteiger partial charge in [0.2, 0.25) is 0 Å². The molecule has 0 atom stereocenters. The molecule has 1 saturated heterocycles. The van der Waals surface area contributed by atoms with Gasteiger partial charge in [-0.05, 0) is 44.7 Å². The lowest BCUT2D eigenvalue weighted by Crippen LogP contribution is -2.35. The van der Waals surface area contributed by atoms with E-state index < -0.39 is 0 Å². The summed E-state index contributed by atoms with van der Waals surface area (Å²) in [6.07, 6.45) is 2.45. The minimum absolute atomic E-state index is 0.139. The monoisotopic (exact) mass is 278 g/mol. The molecular formula is C16H26N2O2. The highest BCUT2D eigenvalue weighted by Crippen LogP contribution is 2.34. The zero-order valence-corrected chi connectivity index (χ0v) is 12.8. The topological polar surface area (TPSA) is 47.7 Å². The van der Waals surface area contributed by atoms with Gasteiger partial charge in [0.05, 0.1) is 17.5 Å². The molecule has 0 saturated carbocycles. The van der Waals surface area contributed by atoms with E-state index in [1.54, 1.807) is 7.11 Å². The number of nitrogens with two attached hydrogens (primary N) is 1. The third-order valence-corrected chi connectivity index (χ3v) is 3.76. The number of nitrogen functional groups attached to an aromatic ring is 1. The van der Waals surface area contributed by atoms with Crippen LogP contribution in [0.2, 0.25) is 0 Å². The summed E-state index contributed by atoms with van der Waals surface area (Å²) >= 11 is 0. The number of anilines is 2. The van der Waals surface area contributed by atoms with Crippen LogP contribution in [0.4, 0.5) is 11.4 Å². The lowest BCUT2D eigenvalue weighted by Gasteiger charge is -2.34. The van der Waals surface area contributed by atoms with Crippen LogP contribution in [0.1, 0.15) is 26.7 Å². The summed E-state index contributed by atoms with van der Waals surface area (Å²) in [6, 6.07) is 6.04. The van der Waals surface area contributed by atoms with Crippen LogP contribution in [0.25, 0.3) is 0 Å². The Hall–Kier alpha value is -1.42. The largest absolute Gasteiger partial charge is 0.489 e. The van der Waals surface area contributed by atoms with Crippen molar-refractivity contribution in [3.8, 4) is 5.75 Å². The van der Waals surface area contributed by atoms with Gasteiger partial charge in [0, 0.05) is 26.8 Å². The quantitative estimate of drug-likeness (QED) is 0.841. The first-order valence-corrected chi connectivity index (χ1v) is 7.40. The van der Waals surface area contributed by atoms with Crippen LogP contribution in [-0.2, 0) is 4.74 Å². The minimum Gasteiger partial charge on any atom is -0.489 e. The summed E-state index contributed by atoms with van der Waals surface area (Å²) in [5, 5.41) is 0. The van der Waals surface area contributed by atoms with Gasteiger partial charge in [-0.15, -0.1) is 0 Å². The van der Waals surface area contributed by atoms with Gasteiger partial charge in [0.1, 0.15) is 5.75 Å². The number of benzene rings is 1. The van der Waals surface area contributed by atoms with Crippen LogP contribution in [0.5, 0.6) is 5.75 Å². The molecule has 0 amide bonds. The summed E-state index contributed by atoms with van der Waals surface area (Å²) in [4.78, 5) is 2.36. The Bertz CT molecular complexity index is 426. The first kappa shape index (κ1) is 15.0.